The van der Waals surface area contributed by atoms with Crippen molar-refractivity contribution in [3.8, 4) is 0 Å². The third-order valence-corrected chi connectivity index (χ3v) is 3.83. The number of benzene rings is 1. The van der Waals surface area contributed by atoms with Crippen molar-refractivity contribution in [3.05, 3.63) is 58.3 Å². The molecule has 0 saturated carbocycles. The zero-order valence-electron chi connectivity index (χ0n) is 12.8. The smallest absolute Gasteiger partial charge is 0.279 e. The normalized spacial score (nSPS) is 10.8. The molecule has 0 aliphatic carbocycles. The van der Waals surface area contributed by atoms with Crippen LogP contribution < -0.4 is 5.32 Å². The Hall–Kier alpha value is -2.55. The number of anilines is 1. The molecule has 0 spiro atoms. The number of carbonyl (C=O) groups is 1. The molecule has 0 fully saturated rings. The average molecular weight is 393 g/mol. The van der Waals surface area contributed by atoms with Crippen LogP contribution in [-0.4, -0.2) is 30.5 Å². The van der Waals surface area contributed by atoms with E-state index in [1.54, 1.807) is 23.0 Å². The molecule has 24 heavy (non-hydrogen) atoms. The van der Waals surface area contributed by atoms with E-state index in [0.29, 0.717) is 17.6 Å². The fourth-order valence-electron chi connectivity index (χ4n) is 2.12. The van der Waals surface area contributed by atoms with Crippen LogP contribution in [0.2, 0.25) is 0 Å². The number of rotatable bonds is 5. The highest BCUT2D eigenvalue weighted by Gasteiger charge is 2.16. The number of halogens is 2. The molecule has 1 N–H and O–H groups in total. The van der Waals surface area contributed by atoms with Crippen molar-refractivity contribution in [3.63, 3.8) is 0 Å². The molecular weight excluding hydrogens is 379 g/mol. The molecule has 124 valence electrons. The van der Waals surface area contributed by atoms with E-state index in [-0.39, 0.29) is 17.5 Å². The van der Waals surface area contributed by atoms with Crippen molar-refractivity contribution < 1.29 is 9.18 Å². The van der Waals surface area contributed by atoms with Crippen LogP contribution in [0.15, 0.2) is 41.3 Å². The lowest BCUT2D eigenvalue weighted by atomic mass is 10.2. The number of amides is 1. The van der Waals surface area contributed by atoms with Gasteiger partial charge in [-0.2, -0.15) is 5.10 Å². The highest BCUT2D eigenvalue weighted by atomic mass is 79.9. The fourth-order valence-corrected chi connectivity index (χ4v) is 2.62. The SMILES string of the molecule is CCn1cc(Br)c(C(=O)Nc2ncn(Cc3cccc(F)c3)n2)n1. The summed E-state index contributed by atoms with van der Waals surface area (Å²) in [6, 6.07) is 6.22. The Balaban J connectivity index is 1.69. The van der Waals surface area contributed by atoms with E-state index in [1.807, 2.05) is 6.92 Å². The molecule has 3 rings (SSSR count). The molecule has 0 saturated heterocycles. The summed E-state index contributed by atoms with van der Waals surface area (Å²) in [5, 5.41) is 10.9. The summed E-state index contributed by atoms with van der Waals surface area (Å²) >= 11 is 3.30. The highest BCUT2D eigenvalue weighted by Crippen LogP contribution is 2.16. The Bertz CT molecular complexity index is 874. The molecule has 7 nitrogen and oxygen atoms in total. The molecule has 9 heteroatoms. The number of hydrogen-bond acceptors (Lipinski definition) is 4. The lowest BCUT2D eigenvalue weighted by Gasteiger charge is -2.01. The molecule has 2 heterocycles. The molecule has 0 atom stereocenters. The maximum Gasteiger partial charge on any atom is 0.279 e. The highest BCUT2D eigenvalue weighted by molar-refractivity contribution is 9.10. The number of nitrogens with zero attached hydrogens (tertiary/aromatic N) is 5. The van der Waals surface area contributed by atoms with E-state index in [2.05, 4.69) is 36.4 Å². The maximum atomic E-state index is 13.2. The van der Waals surface area contributed by atoms with Crippen LogP contribution in [0.4, 0.5) is 10.3 Å². The quantitative estimate of drug-likeness (QED) is 0.723. The van der Waals surface area contributed by atoms with Crippen LogP contribution in [0.25, 0.3) is 0 Å². The Morgan fingerprint density at radius 1 is 1.33 bits per heavy atom. The van der Waals surface area contributed by atoms with Gasteiger partial charge in [0.05, 0.1) is 11.0 Å². The molecular formula is C15H14BrFN6O. The van der Waals surface area contributed by atoms with Gasteiger partial charge in [-0.15, -0.1) is 5.10 Å². The van der Waals surface area contributed by atoms with Gasteiger partial charge in [0.1, 0.15) is 12.1 Å². The summed E-state index contributed by atoms with van der Waals surface area (Å²) in [5.41, 5.74) is 1.01. The minimum absolute atomic E-state index is 0.161. The standard InChI is InChI=1S/C15H14BrFN6O/c1-2-22-8-12(16)13(20-22)14(24)19-15-18-9-23(21-15)7-10-4-3-5-11(17)6-10/h3-6,8-9H,2,7H2,1H3,(H,19,21,24). The van der Waals surface area contributed by atoms with Crippen LogP contribution in [0, 0.1) is 5.82 Å². The van der Waals surface area contributed by atoms with Crippen molar-refractivity contribution >= 4 is 27.8 Å². The number of hydrogen-bond donors (Lipinski definition) is 1. The number of aromatic nitrogens is 5. The number of aryl methyl sites for hydroxylation is 1. The monoisotopic (exact) mass is 392 g/mol. The van der Waals surface area contributed by atoms with Gasteiger partial charge in [-0.05, 0) is 40.5 Å². The van der Waals surface area contributed by atoms with Gasteiger partial charge in [0, 0.05) is 12.7 Å². The molecule has 3 aromatic rings. The van der Waals surface area contributed by atoms with E-state index in [0.717, 1.165) is 5.56 Å². The van der Waals surface area contributed by atoms with E-state index in [1.165, 1.54) is 23.1 Å². The fraction of sp³-hybridized carbons (Fsp3) is 0.200. The molecule has 0 aliphatic heterocycles. The summed E-state index contributed by atoms with van der Waals surface area (Å²) < 4.78 is 17.0. The minimum Gasteiger partial charge on any atom is -0.288 e. The van der Waals surface area contributed by atoms with Gasteiger partial charge in [-0.1, -0.05) is 12.1 Å². The van der Waals surface area contributed by atoms with Gasteiger partial charge >= 0.3 is 0 Å². The Labute approximate surface area is 145 Å². The lowest BCUT2D eigenvalue weighted by Crippen LogP contribution is -2.15. The van der Waals surface area contributed by atoms with Crippen molar-refractivity contribution in [2.24, 2.45) is 0 Å². The summed E-state index contributed by atoms with van der Waals surface area (Å²) in [5.74, 6) is -0.551. The zero-order valence-corrected chi connectivity index (χ0v) is 14.4. The topological polar surface area (TPSA) is 77.6 Å². The summed E-state index contributed by atoms with van der Waals surface area (Å²) in [4.78, 5) is 16.3. The largest absolute Gasteiger partial charge is 0.288 e. The van der Waals surface area contributed by atoms with Gasteiger partial charge < -0.3 is 0 Å². The third kappa shape index (κ3) is 3.67. The van der Waals surface area contributed by atoms with Crippen LogP contribution in [0.1, 0.15) is 23.0 Å². The van der Waals surface area contributed by atoms with Crippen LogP contribution in [0.3, 0.4) is 0 Å². The second-order valence-corrected chi connectivity index (χ2v) is 5.89. The average Bonchev–Trinajstić information content (AvgIpc) is 3.13. The van der Waals surface area contributed by atoms with E-state index >= 15 is 0 Å². The van der Waals surface area contributed by atoms with Crippen LogP contribution >= 0.6 is 15.9 Å². The van der Waals surface area contributed by atoms with Crippen molar-refractivity contribution in [1.29, 1.82) is 0 Å². The molecule has 0 radical (unpaired) electrons. The summed E-state index contributed by atoms with van der Waals surface area (Å²) in [7, 11) is 0. The van der Waals surface area contributed by atoms with Gasteiger partial charge in [0.2, 0.25) is 5.95 Å². The Morgan fingerprint density at radius 2 is 2.17 bits per heavy atom. The Kier molecular flexibility index (Phi) is 4.70. The minimum atomic E-state index is -0.405. The second kappa shape index (κ2) is 6.91. The van der Waals surface area contributed by atoms with Crippen LogP contribution in [0.5, 0.6) is 0 Å². The summed E-state index contributed by atoms with van der Waals surface area (Å²) in [6.45, 7) is 2.94. The Morgan fingerprint density at radius 3 is 2.88 bits per heavy atom. The number of nitrogens with one attached hydrogen (secondary N) is 1. The molecule has 0 aliphatic rings. The second-order valence-electron chi connectivity index (χ2n) is 5.03. The zero-order chi connectivity index (χ0) is 17.1. The lowest BCUT2D eigenvalue weighted by molar-refractivity contribution is 0.102. The van der Waals surface area contributed by atoms with E-state index < -0.39 is 5.91 Å². The molecule has 0 bridgehead atoms. The first kappa shape index (κ1) is 16.3. The van der Waals surface area contributed by atoms with Crippen molar-refractivity contribution in [2.45, 2.75) is 20.0 Å². The molecule has 2 aromatic heterocycles. The van der Waals surface area contributed by atoms with Gasteiger partial charge in [-0.3, -0.25) is 14.8 Å². The van der Waals surface area contributed by atoms with Crippen LogP contribution in [-0.2, 0) is 13.1 Å². The molecule has 1 amide bonds. The number of carbonyl (C=O) groups excluding carboxylic acids is 1. The predicted octanol–water partition coefficient (Wildman–Crippen LogP) is 2.70. The van der Waals surface area contributed by atoms with Crippen molar-refractivity contribution in [1.82, 2.24) is 24.5 Å². The molecule has 1 aromatic carbocycles. The first-order chi connectivity index (χ1) is 11.5. The first-order valence-corrected chi connectivity index (χ1v) is 8.02. The van der Waals surface area contributed by atoms with E-state index in [9.17, 15) is 9.18 Å². The predicted molar refractivity (Wildman–Crippen MR) is 89.1 cm³/mol. The summed E-state index contributed by atoms with van der Waals surface area (Å²) in [6.07, 6.45) is 3.20. The molecule has 0 unspecified atom stereocenters. The van der Waals surface area contributed by atoms with Gasteiger partial charge in [-0.25, -0.2) is 14.1 Å². The third-order valence-electron chi connectivity index (χ3n) is 3.25. The van der Waals surface area contributed by atoms with Crippen molar-refractivity contribution in [2.75, 3.05) is 5.32 Å². The van der Waals surface area contributed by atoms with Gasteiger partial charge in [0.15, 0.2) is 5.69 Å². The first-order valence-electron chi connectivity index (χ1n) is 7.23. The van der Waals surface area contributed by atoms with Gasteiger partial charge in [0.25, 0.3) is 5.91 Å². The van der Waals surface area contributed by atoms with E-state index in [4.69, 9.17) is 0 Å². The maximum absolute atomic E-state index is 13.2.